The van der Waals surface area contributed by atoms with E-state index in [1.54, 1.807) is 11.8 Å². The van der Waals surface area contributed by atoms with Crippen LogP contribution in [0.15, 0.2) is 47.2 Å². The average molecular weight is 617 g/mol. The number of nitrogens with zero attached hydrogens (tertiary/aromatic N) is 4. The molecule has 1 unspecified atom stereocenters. The molecule has 5 atom stereocenters. The molecule has 3 heterocycles. The van der Waals surface area contributed by atoms with Crippen molar-refractivity contribution in [1.82, 2.24) is 19.6 Å². The third-order valence-electron chi connectivity index (χ3n) is 9.42. The monoisotopic (exact) mass is 616 g/mol. The van der Waals surface area contributed by atoms with E-state index >= 15 is 0 Å². The molecule has 1 aromatic carbocycles. The fraction of sp³-hybridized carbons (Fsp3) is 0.529. The van der Waals surface area contributed by atoms with Crippen molar-refractivity contribution >= 4 is 20.2 Å². The van der Waals surface area contributed by atoms with Crippen LogP contribution in [-0.4, -0.2) is 59.5 Å². The second kappa shape index (κ2) is 12.4. The predicted molar refractivity (Wildman–Crippen MR) is 170 cm³/mol. The van der Waals surface area contributed by atoms with Crippen LogP contribution in [0.1, 0.15) is 77.2 Å². The molecule has 1 amide bonds. The summed E-state index contributed by atoms with van der Waals surface area (Å²) in [5.74, 6) is 7.86. The van der Waals surface area contributed by atoms with E-state index in [0.29, 0.717) is 30.7 Å². The fourth-order valence-electron chi connectivity index (χ4n) is 5.82. The highest BCUT2D eigenvalue weighted by Crippen LogP contribution is 2.51. The Morgan fingerprint density at radius 3 is 2.43 bits per heavy atom. The lowest BCUT2D eigenvalue weighted by atomic mass is 10.1. The van der Waals surface area contributed by atoms with Crippen LogP contribution in [0.3, 0.4) is 0 Å². The third kappa shape index (κ3) is 6.40. The van der Waals surface area contributed by atoms with Crippen LogP contribution >= 0.6 is 0 Å². The number of aromatic nitrogens is 3. The number of hydrogen-bond donors (Lipinski definition) is 0. The summed E-state index contributed by atoms with van der Waals surface area (Å²) in [5, 5.41) is 4.56. The molecule has 44 heavy (non-hydrogen) atoms. The molecule has 1 aliphatic heterocycles. The fourth-order valence-corrected chi connectivity index (χ4v) is 7.16. The zero-order chi connectivity index (χ0) is 31.8. The number of rotatable bonds is 8. The predicted octanol–water partition coefficient (Wildman–Crippen LogP) is 6.24. The van der Waals surface area contributed by atoms with E-state index in [4.69, 9.17) is 13.7 Å². The molecule has 1 aliphatic carbocycles. The summed E-state index contributed by atoms with van der Waals surface area (Å²) in [6, 6.07) is 9.96. The molecular weight excluding hydrogens is 572 g/mol. The first-order valence-electron chi connectivity index (χ1n) is 15.6. The van der Waals surface area contributed by atoms with Crippen molar-refractivity contribution in [1.29, 1.82) is 0 Å². The molecule has 5 rings (SSSR count). The minimum Gasteiger partial charge on any atom is -0.459 e. The summed E-state index contributed by atoms with van der Waals surface area (Å²) in [7, 11) is -1.97. The Hall–Kier alpha value is -3.68. The minimum atomic E-state index is -1.97. The lowest BCUT2D eigenvalue weighted by Gasteiger charge is -2.38. The van der Waals surface area contributed by atoms with E-state index in [1.807, 2.05) is 42.7 Å². The van der Waals surface area contributed by atoms with E-state index in [1.165, 1.54) is 0 Å². The molecule has 0 radical (unpaired) electrons. The number of benzene rings is 1. The molecule has 1 saturated carbocycles. The molecule has 0 bridgehead atoms. The van der Waals surface area contributed by atoms with Crippen molar-refractivity contribution in [2.45, 2.75) is 78.2 Å². The zero-order valence-corrected chi connectivity index (χ0v) is 28.1. The van der Waals surface area contributed by atoms with Crippen molar-refractivity contribution in [2.75, 3.05) is 19.7 Å². The maximum Gasteiger partial charge on any atom is 0.397 e. The number of esters is 1. The van der Waals surface area contributed by atoms with Crippen molar-refractivity contribution in [3.63, 3.8) is 0 Å². The SMILES string of the molecule is CCOC(=O)C(=O)N1C[C@@H]2C(C#Cc3ccc(-c4cc([C@@H](CC)n5ccnc5[C@H](C)O[Si](C)(C)C(C)(C)C)no4)cc3)[C@@H]2C1. The number of likely N-dealkylation sites (tertiary alicyclic amines) is 1. The van der Waals surface area contributed by atoms with Gasteiger partial charge in [-0.15, -0.1) is 0 Å². The maximum absolute atomic E-state index is 12.2. The zero-order valence-electron chi connectivity index (χ0n) is 27.1. The van der Waals surface area contributed by atoms with Crippen LogP contribution in [0.4, 0.5) is 0 Å². The van der Waals surface area contributed by atoms with E-state index in [9.17, 15) is 9.59 Å². The second-order valence-electron chi connectivity index (χ2n) is 13.4. The van der Waals surface area contributed by atoms with E-state index in [2.05, 4.69) is 74.3 Å². The average Bonchev–Trinajstić information content (AvgIpc) is 3.48. The number of fused-ring (bicyclic) bond motifs is 1. The van der Waals surface area contributed by atoms with Gasteiger partial charge in [0.1, 0.15) is 17.6 Å². The highest BCUT2D eigenvalue weighted by Gasteiger charge is 2.56. The number of amides is 1. The lowest BCUT2D eigenvalue weighted by Crippen LogP contribution is -2.41. The molecule has 234 valence electrons. The smallest absolute Gasteiger partial charge is 0.397 e. The summed E-state index contributed by atoms with van der Waals surface area (Å²) in [6.07, 6.45) is 4.52. The highest BCUT2D eigenvalue weighted by molar-refractivity contribution is 6.74. The van der Waals surface area contributed by atoms with Gasteiger partial charge in [-0.25, -0.2) is 9.78 Å². The number of imidazole rings is 1. The number of ether oxygens (including phenoxy) is 1. The summed E-state index contributed by atoms with van der Waals surface area (Å²) in [5.41, 5.74) is 2.70. The first-order chi connectivity index (χ1) is 20.8. The molecule has 0 N–H and O–H groups in total. The van der Waals surface area contributed by atoms with Crippen LogP contribution in [0, 0.1) is 29.6 Å². The minimum absolute atomic E-state index is 0.0258. The van der Waals surface area contributed by atoms with Gasteiger partial charge in [-0.05, 0) is 74.5 Å². The van der Waals surface area contributed by atoms with E-state index < -0.39 is 20.2 Å². The largest absolute Gasteiger partial charge is 0.459 e. The maximum atomic E-state index is 12.2. The molecule has 2 aliphatic rings. The first-order valence-corrected chi connectivity index (χ1v) is 18.5. The molecule has 2 fully saturated rings. The summed E-state index contributed by atoms with van der Waals surface area (Å²) >= 11 is 0. The Kier molecular flexibility index (Phi) is 8.92. The lowest BCUT2D eigenvalue weighted by molar-refractivity contribution is -0.159. The Bertz CT molecular complexity index is 1550. The Morgan fingerprint density at radius 2 is 1.82 bits per heavy atom. The van der Waals surface area contributed by atoms with Gasteiger partial charge in [0.05, 0.1) is 12.6 Å². The van der Waals surface area contributed by atoms with Gasteiger partial charge >= 0.3 is 11.9 Å². The van der Waals surface area contributed by atoms with Crippen molar-refractivity contribution in [2.24, 2.45) is 17.8 Å². The van der Waals surface area contributed by atoms with E-state index in [0.717, 1.165) is 29.1 Å². The molecule has 0 spiro atoms. The molecule has 1 saturated heterocycles. The van der Waals surface area contributed by atoms with Gasteiger partial charge in [0.2, 0.25) is 0 Å². The standard InChI is InChI=1S/C34H44N4O5Si/c1-9-29(38-18-17-35-31(38)22(3)43-44(7,8)34(4,5)6)28-19-30(42-36-28)24-14-11-23(12-15-24)13-16-25-26-20-37(21-27(25)26)32(39)33(40)41-10-2/h11-12,14-15,17-19,22,25-27,29H,9-10,20-21H2,1-8H3/t22-,25?,26-,27+,29+/m0/s1. The van der Waals surface area contributed by atoms with Gasteiger partial charge in [0, 0.05) is 48.6 Å². The Morgan fingerprint density at radius 1 is 1.14 bits per heavy atom. The van der Waals surface area contributed by atoms with Gasteiger partial charge in [-0.1, -0.05) is 44.7 Å². The van der Waals surface area contributed by atoms with Crippen molar-refractivity contribution in [3.05, 3.63) is 59.8 Å². The number of hydrogen-bond acceptors (Lipinski definition) is 7. The molecule has 9 nitrogen and oxygen atoms in total. The number of carbonyl (C=O) groups is 2. The van der Waals surface area contributed by atoms with Crippen LogP contribution in [-0.2, 0) is 18.8 Å². The third-order valence-corrected chi connectivity index (χ3v) is 14.0. The van der Waals surface area contributed by atoms with Gasteiger partial charge < -0.3 is 23.2 Å². The summed E-state index contributed by atoms with van der Waals surface area (Å²) in [4.78, 5) is 30.2. The highest BCUT2D eigenvalue weighted by atomic mass is 28.4. The Labute approximate surface area is 261 Å². The number of carbonyl (C=O) groups excluding carboxylic acids is 2. The van der Waals surface area contributed by atoms with Crippen molar-refractivity contribution < 1.29 is 23.3 Å². The normalized spacial score (nSPS) is 20.8. The Balaban J connectivity index is 1.22. The van der Waals surface area contributed by atoms with Crippen molar-refractivity contribution in [3.8, 4) is 23.2 Å². The number of piperidine rings is 1. The summed E-state index contributed by atoms with van der Waals surface area (Å²) < 4.78 is 19.5. The van der Waals surface area contributed by atoms with Gasteiger partial charge in [0.15, 0.2) is 14.1 Å². The van der Waals surface area contributed by atoms with Crippen LogP contribution < -0.4 is 0 Å². The molecule has 2 aromatic heterocycles. The second-order valence-corrected chi connectivity index (χ2v) is 18.1. The molecule has 3 aromatic rings. The van der Waals surface area contributed by atoms with Crippen LogP contribution in [0.2, 0.25) is 18.1 Å². The van der Waals surface area contributed by atoms with Crippen LogP contribution in [0.5, 0.6) is 0 Å². The molecular formula is C34H44N4O5Si. The van der Waals surface area contributed by atoms with E-state index in [-0.39, 0.29) is 29.7 Å². The van der Waals surface area contributed by atoms with Crippen LogP contribution in [0.25, 0.3) is 11.3 Å². The topological polar surface area (TPSA) is 99.7 Å². The quantitative estimate of drug-likeness (QED) is 0.128. The first kappa shape index (κ1) is 31.7. The van der Waals surface area contributed by atoms with Gasteiger partial charge in [0.25, 0.3) is 0 Å². The van der Waals surface area contributed by atoms with Gasteiger partial charge in [-0.2, -0.15) is 0 Å². The van der Waals surface area contributed by atoms with Gasteiger partial charge in [-0.3, -0.25) is 4.79 Å². The summed E-state index contributed by atoms with van der Waals surface area (Å²) in [6.45, 7) is 18.5. The molecule has 10 heteroatoms.